The highest BCUT2D eigenvalue weighted by atomic mass is 16.5. The zero-order valence-corrected chi connectivity index (χ0v) is 12.2. The van der Waals surface area contributed by atoms with E-state index >= 15 is 0 Å². The number of hydrogen-bond donors (Lipinski definition) is 2. The van der Waals surface area contributed by atoms with Gasteiger partial charge in [-0.05, 0) is 25.3 Å². The normalized spacial score (nSPS) is 18.7. The van der Waals surface area contributed by atoms with Gasteiger partial charge in [0.25, 0.3) is 0 Å². The largest absolute Gasteiger partial charge is 0.481 e. The number of carboxylic acids is 1. The summed E-state index contributed by atoms with van der Waals surface area (Å²) in [5.74, 6) is -1.10. The molecular formula is C16H21NO4. The van der Waals surface area contributed by atoms with Crippen LogP contribution in [0.1, 0.15) is 25.3 Å². The molecule has 0 aliphatic carbocycles. The van der Waals surface area contributed by atoms with Gasteiger partial charge in [0, 0.05) is 25.7 Å². The van der Waals surface area contributed by atoms with E-state index in [4.69, 9.17) is 4.74 Å². The van der Waals surface area contributed by atoms with E-state index in [2.05, 4.69) is 5.32 Å². The molecule has 0 radical (unpaired) electrons. The highest BCUT2D eigenvalue weighted by Gasteiger charge is 2.36. The first kappa shape index (κ1) is 15.5. The fraction of sp³-hybridized carbons (Fsp3) is 0.500. The fourth-order valence-electron chi connectivity index (χ4n) is 2.48. The van der Waals surface area contributed by atoms with Gasteiger partial charge < -0.3 is 15.2 Å². The Balaban J connectivity index is 2.03. The van der Waals surface area contributed by atoms with Gasteiger partial charge in [-0.2, -0.15) is 0 Å². The average molecular weight is 291 g/mol. The molecular weight excluding hydrogens is 270 g/mol. The van der Waals surface area contributed by atoms with E-state index in [9.17, 15) is 14.7 Å². The Morgan fingerprint density at radius 1 is 1.29 bits per heavy atom. The zero-order chi connectivity index (χ0) is 15.3. The van der Waals surface area contributed by atoms with E-state index < -0.39 is 11.4 Å². The third-order valence-electron chi connectivity index (χ3n) is 4.09. The first-order valence-electron chi connectivity index (χ1n) is 7.18. The molecule has 1 atom stereocenters. The molecule has 0 saturated carbocycles. The van der Waals surface area contributed by atoms with Crippen LogP contribution in [-0.4, -0.2) is 36.7 Å². The maximum atomic E-state index is 12.1. The molecule has 114 valence electrons. The maximum absolute atomic E-state index is 12.1. The lowest BCUT2D eigenvalue weighted by atomic mass is 9.82. The molecule has 2 N–H and O–H groups in total. The van der Waals surface area contributed by atoms with Gasteiger partial charge in [-0.3, -0.25) is 9.59 Å². The topological polar surface area (TPSA) is 75.6 Å². The number of aliphatic carboxylic acids is 1. The van der Waals surface area contributed by atoms with Crippen LogP contribution in [0.2, 0.25) is 0 Å². The van der Waals surface area contributed by atoms with Gasteiger partial charge >= 0.3 is 5.97 Å². The summed E-state index contributed by atoms with van der Waals surface area (Å²) in [6, 6.07) is 8.99. The van der Waals surface area contributed by atoms with E-state index in [1.165, 1.54) is 0 Å². The predicted molar refractivity (Wildman–Crippen MR) is 78.0 cm³/mol. The molecule has 1 unspecified atom stereocenters. The quantitative estimate of drug-likeness (QED) is 0.863. The molecule has 2 rings (SSSR count). The molecule has 1 aromatic carbocycles. The van der Waals surface area contributed by atoms with E-state index in [-0.39, 0.29) is 18.4 Å². The molecule has 0 bridgehead atoms. The SMILES string of the molecule is CC(CNC(=O)C1CCOCC1)(C(=O)O)c1ccccc1. The van der Waals surface area contributed by atoms with Crippen LogP contribution >= 0.6 is 0 Å². The Morgan fingerprint density at radius 2 is 1.90 bits per heavy atom. The van der Waals surface area contributed by atoms with Gasteiger partial charge in [0.1, 0.15) is 5.41 Å². The number of rotatable bonds is 5. The molecule has 1 aliphatic heterocycles. The number of carboxylic acid groups (broad SMARTS) is 1. The molecule has 1 amide bonds. The molecule has 5 heteroatoms. The molecule has 0 spiro atoms. The van der Waals surface area contributed by atoms with E-state index in [1.807, 2.05) is 6.07 Å². The highest BCUT2D eigenvalue weighted by molar-refractivity contribution is 5.84. The fourth-order valence-corrected chi connectivity index (χ4v) is 2.48. The lowest BCUT2D eigenvalue weighted by Crippen LogP contribution is -2.46. The van der Waals surface area contributed by atoms with Crippen LogP contribution in [0, 0.1) is 5.92 Å². The molecule has 1 aromatic rings. The summed E-state index contributed by atoms with van der Waals surface area (Å²) in [5, 5.41) is 12.3. The smallest absolute Gasteiger partial charge is 0.315 e. The number of carbonyl (C=O) groups is 2. The van der Waals surface area contributed by atoms with Crippen LogP contribution in [0.3, 0.4) is 0 Å². The Bertz CT molecular complexity index is 496. The van der Waals surface area contributed by atoms with Gasteiger partial charge in [-0.1, -0.05) is 30.3 Å². The summed E-state index contributed by atoms with van der Waals surface area (Å²) in [7, 11) is 0. The van der Waals surface area contributed by atoms with E-state index in [0.717, 1.165) is 0 Å². The highest BCUT2D eigenvalue weighted by Crippen LogP contribution is 2.24. The Kier molecular flexibility index (Phi) is 4.96. The minimum Gasteiger partial charge on any atom is -0.481 e. The van der Waals surface area contributed by atoms with E-state index in [0.29, 0.717) is 31.6 Å². The minimum atomic E-state index is -1.12. The number of hydrogen-bond acceptors (Lipinski definition) is 3. The number of nitrogens with one attached hydrogen (secondary N) is 1. The van der Waals surface area contributed by atoms with Crippen LogP contribution in [0.4, 0.5) is 0 Å². The number of amides is 1. The standard InChI is InChI=1S/C16H21NO4/c1-16(15(19)20,13-5-3-2-4-6-13)11-17-14(18)12-7-9-21-10-8-12/h2-6,12H,7-11H2,1H3,(H,17,18)(H,19,20). The zero-order valence-electron chi connectivity index (χ0n) is 12.2. The third kappa shape index (κ3) is 3.61. The van der Waals surface area contributed by atoms with Crippen molar-refractivity contribution in [1.29, 1.82) is 0 Å². The summed E-state index contributed by atoms with van der Waals surface area (Å²) in [4.78, 5) is 23.8. The van der Waals surface area contributed by atoms with Gasteiger partial charge in [-0.15, -0.1) is 0 Å². The summed E-state index contributed by atoms with van der Waals surface area (Å²) >= 11 is 0. The van der Waals surface area contributed by atoms with Crippen molar-refractivity contribution in [1.82, 2.24) is 5.32 Å². The molecule has 0 aromatic heterocycles. The molecule has 1 fully saturated rings. The summed E-state index contributed by atoms with van der Waals surface area (Å²) in [6.45, 7) is 2.90. The van der Waals surface area contributed by atoms with Crippen LogP contribution < -0.4 is 5.32 Å². The van der Waals surface area contributed by atoms with Crippen LogP contribution in [-0.2, 0) is 19.7 Å². The van der Waals surface area contributed by atoms with Gasteiger partial charge in [-0.25, -0.2) is 0 Å². The van der Waals surface area contributed by atoms with Crippen LogP contribution in [0.5, 0.6) is 0 Å². The van der Waals surface area contributed by atoms with Gasteiger partial charge in [0.05, 0.1) is 0 Å². The molecule has 1 saturated heterocycles. The third-order valence-corrected chi connectivity index (χ3v) is 4.09. The maximum Gasteiger partial charge on any atom is 0.315 e. The van der Waals surface area contributed by atoms with Gasteiger partial charge in [0.2, 0.25) is 5.91 Å². The summed E-state index contributed by atoms with van der Waals surface area (Å²) < 4.78 is 5.23. The predicted octanol–water partition coefficient (Wildman–Crippen LogP) is 1.57. The summed E-state index contributed by atoms with van der Waals surface area (Å²) in [6.07, 6.45) is 1.39. The first-order valence-corrected chi connectivity index (χ1v) is 7.18. The van der Waals surface area contributed by atoms with Crippen molar-refractivity contribution in [3.63, 3.8) is 0 Å². The van der Waals surface area contributed by atoms with Crippen molar-refractivity contribution in [3.8, 4) is 0 Å². The van der Waals surface area contributed by atoms with Crippen molar-refractivity contribution in [2.24, 2.45) is 5.92 Å². The first-order chi connectivity index (χ1) is 10.0. The Labute approximate surface area is 124 Å². The number of benzene rings is 1. The Hall–Kier alpha value is -1.88. The van der Waals surface area contributed by atoms with Crippen molar-refractivity contribution < 1.29 is 19.4 Å². The van der Waals surface area contributed by atoms with Crippen molar-refractivity contribution in [2.45, 2.75) is 25.2 Å². The number of carbonyl (C=O) groups excluding carboxylic acids is 1. The lowest BCUT2D eigenvalue weighted by molar-refractivity contribution is -0.143. The van der Waals surface area contributed by atoms with Crippen LogP contribution in [0.25, 0.3) is 0 Å². The molecule has 5 nitrogen and oxygen atoms in total. The van der Waals surface area contributed by atoms with Crippen molar-refractivity contribution >= 4 is 11.9 Å². The summed E-state index contributed by atoms with van der Waals surface area (Å²) in [5.41, 5.74) is -0.438. The molecule has 1 heterocycles. The molecule has 21 heavy (non-hydrogen) atoms. The van der Waals surface area contributed by atoms with Crippen molar-refractivity contribution in [3.05, 3.63) is 35.9 Å². The second kappa shape index (κ2) is 6.72. The second-order valence-corrected chi connectivity index (χ2v) is 5.61. The molecule has 1 aliphatic rings. The average Bonchev–Trinajstić information content (AvgIpc) is 2.53. The Morgan fingerprint density at radius 3 is 2.48 bits per heavy atom. The lowest BCUT2D eigenvalue weighted by Gasteiger charge is -2.28. The number of ether oxygens (including phenoxy) is 1. The van der Waals surface area contributed by atoms with Gasteiger partial charge in [0.15, 0.2) is 0 Å². The second-order valence-electron chi connectivity index (χ2n) is 5.61. The monoisotopic (exact) mass is 291 g/mol. The van der Waals surface area contributed by atoms with E-state index in [1.54, 1.807) is 31.2 Å². The minimum absolute atomic E-state index is 0.0763. The van der Waals surface area contributed by atoms with Crippen molar-refractivity contribution in [2.75, 3.05) is 19.8 Å². The van der Waals surface area contributed by atoms with Crippen LogP contribution in [0.15, 0.2) is 30.3 Å².